The van der Waals surface area contributed by atoms with Crippen LogP contribution in [0.3, 0.4) is 0 Å². The van der Waals surface area contributed by atoms with Crippen molar-refractivity contribution in [2.24, 2.45) is 5.73 Å². The van der Waals surface area contributed by atoms with Gasteiger partial charge in [0.1, 0.15) is 0 Å². The molecule has 3 aromatic rings. The molecule has 1 spiro atoms. The molecule has 5 rings (SSSR count). The average Bonchev–Trinajstić information content (AvgIpc) is 3.57. The van der Waals surface area contributed by atoms with Gasteiger partial charge in [0.05, 0.1) is 0 Å². The second kappa shape index (κ2) is 15.0. The number of fused-ring (bicyclic) bond motifs is 3. The molecule has 0 bridgehead atoms. The summed E-state index contributed by atoms with van der Waals surface area (Å²) in [6.07, 6.45) is 8.20. The smallest absolute Gasteiger partial charge is 0.317 e. The maximum atomic E-state index is 12.0. The molecule has 8 heteroatoms. The molecular weight excluding hydrogens is 512 g/mol. The van der Waals surface area contributed by atoms with Gasteiger partial charge >= 0.3 is 6.03 Å². The fraction of sp³-hybridized carbons (Fsp3) is 0.515. The predicted octanol–water partition coefficient (Wildman–Crippen LogP) is 4.56. The van der Waals surface area contributed by atoms with E-state index in [1.807, 2.05) is 25.3 Å². The quantitative estimate of drug-likeness (QED) is 0.384. The van der Waals surface area contributed by atoms with Gasteiger partial charge in [0.25, 0.3) is 0 Å². The molecule has 1 aliphatic heterocycles. The molecule has 1 fully saturated rings. The molecule has 0 radical (unpaired) electrons. The number of para-hydroxylation sites is 1. The summed E-state index contributed by atoms with van der Waals surface area (Å²) < 4.78 is 0. The fourth-order valence-electron chi connectivity index (χ4n) is 5.80. The van der Waals surface area contributed by atoms with Crippen molar-refractivity contribution in [3.05, 3.63) is 71.4 Å². The predicted molar refractivity (Wildman–Crippen MR) is 169 cm³/mol. The summed E-state index contributed by atoms with van der Waals surface area (Å²) in [7, 11) is 7.37. The lowest BCUT2D eigenvalue weighted by Gasteiger charge is -2.38. The number of hydrogen-bond donors (Lipinski definition) is 3. The summed E-state index contributed by atoms with van der Waals surface area (Å²) in [5.41, 5.74) is 11.6. The molecule has 2 aromatic carbocycles. The van der Waals surface area contributed by atoms with Crippen molar-refractivity contribution in [1.29, 1.82) is 0 Å². The number of rotatable bonds is 6. The lowest BCUT2D eigenvalue weighted by Crippen LogP contribution is -2.45. The molecule has 2 aliphatic rings. The molecule has 2 heterocycles. The Morgan fingerprint density at radius 2 is 1.71 bits per heavy atom. The van der Waals surface area contributed by atoms with E-state index in [2.05, 4.69) is 65.6 Å². The number of carbonyl (C=O) groups excluding carboxylic acids is 2. The summed E-state index contributed by atoms with van der Waals surface area (Å²) in [6.45, 7) is 7.73. The van der Waals surface area contributed by atoms with E-state index in [-0.39, 0.29) is 18.0 Å². The minimum atomic E-state index is -0.0837. The number of nitrogens with two attached hydrogens (primary N) is 1. The molecule has 0 saturated carbocycles. The lowest BCUT2D eigenvalue weighted by atomic mass is 9.74. The SMILES string of the molecule is CC(NC(=O)N(C)CCN)[C@H](C)c1c[nH]c2ccccc12.CN(C)C=O.CN1CCC2(CCc3ccccc32)CC1. The van der Waals surface area contributed by atoms with Crippen molar-refractivity contribution in [2.45, 2.75) is 56.9 Å². The van der Waals surface area contributed by atoms with Crippen LogP contribution in [0.2, 0.25) is 0 Å². The van der Waals surface area contributed by atoms with Gasteiger partial charge in [-0.05, 0) is 80.9 Å². The first-order valence-electron chi connectivity index (χ1n) is 14.8. The van der Waals surface area contributed by atoms with Gasteiger partial charge in [-0.3, -0.25) is 4.79 Å². The number of aromatic amines is 1. The normalized spacial score (nSPS) is 16.9. The zero-order valence-electron chi connectivity index (χ0n) is 25.8. The van der Waals surface area contributed by atoms with Crippen LogP contribution in [0.25, 0.3) is 10.9 Å². The molecule has 2 atom stereocenters. The highest BCUT2D eigenvalue weighted by molar-refractivity contribution is 5.84. The Morgan fingerprint density at radius 3 is 2.37 bits per heavy atom. The Morgan fingerprint density at radius 1 is 1.07 bits per heavy atom. The topological polar surface area (TPSA) is 97.7 Å². The number of nitrogens with one attached hydrogen (secondary N) is 2. The summed E-state index contributed by atoms with van der Waals surface area (Å²) in [5, 5.41) is 4.24. The van der Waals surface area contributed by atoms with E-state index in [4.69, 9.17) is 5.73 Å². The van der Waals surface area contributed by atoms with Gasteiger partial charge in [-0.1, -0.05) is 49.4 Å². The lowest BCUT2D eigenvalue weighted by molar-refractivity contribution is -0.115. The maximum Gasteiger partial charge on any atom is 0.317 e. The number of aromatic nitrogens is 1. The first-order valence-corrected chi connectivity index (χ1v) is 14.8. The largest absolute Gasteiger partial charge is 0.361 e. The van der Waals surface area contributed by atoms with E-state index in [0.29, 0.717) is 18.5 Å². The highest BCUT2D eigenvalue weighted by Gasteiger charge is 2.40. The molecule has 1 aliphatic carbocycles. The Labute approximate surface area is 246 Å². The van der Waals surface area contributed by atoms with E-state index in [0.717, 1.165) is 11.9 Å². The molecule has 3 amide bonds. The zero-order valence-corrected chi connectivity index (χ0v) is 25.8. The zero-order chi connectivity index (χ0) is 30.0. The second-order valence-corrected chi connectivity index (χ2v) is 11.8. The van der Waals surface area contributed by atoms with Crippen LogP contribution in [0, 0.1) is 0 Å². The van der Waals surface area contributed by atoms with Crippen LogP contribution >= 0.6 is 0 Å². The fourth-order valence-corrected chi connectivity index (χ4v) is 5.80. The van der Waals surface area contributed by atoms with Crippen LogP contribution in [0.1, 0.15) is 55.7 Å². The molecule has 1 unspecified atom stereocenters. The minimum absolute atomic E-state index is 0.0388. The van der Waals surface area contributed by atoms with Crippen LogP contribution in [0.15, 0.2) is 54.7 Å². The van der Waals surface area contributed by atoms with Crippen molar-refractivity contribution in [3.8, 4) is 0 Å². The summed E-state index contributed by atoms with van der Waals surface area (Å²) >= 11 is 0. The number of carbonyl (C=O) groups is 2. The third kappa shape index (κ3) is 8.33. The van der Waals surface area contributed by atoms with Gasteiger partial charge in [-0.15, -0.1) is 0 Å². The number of urea groups is 1. The molecule has 1 aromatic heterocycles. The van der Waals surface area contributed by atoms with Crippen LogP contribution in [0.5, 0.6) is 0 Å². The number of likely N-dealkylation sites (N-methyl/N-ethyl adjacent to an activating group) is 1. The number of hydrogen-bond acceptors (Lipinski definition) is 4. The Kier molecular flexibility index (Phi) is 11.8. The van der Waals surface area contributed by atoms with E-state index in [1.54, 1.807) is 37.2 Å². The van der Waals surface area contributed by atoms with Crippen molar-refractivity contribution >= 4 is 23.3 Å². The molecular formula is C33H50N6O2. The van der Waals surface area contributed by atoms with Gasteiger partial charge in [0, 0.05) is 63.3 Å². The first kappa shape index (κ1) is 32.2. The van der Waals surface area contributed by atoms with Gasteiger partial charge in [-0.25, -0.2) is 4.79 Å². The molecule has 224 valence electrons. The van der Waals surface area contributed by atoms with E-state index in [9.17, 15) is 9.59 Å². The van der Waals surface area contributed by atoms with Crippen molar-refractivity contribution < 1.29 is 9.59 Å². The second-order valence-electron chi connectivity index (χ2n) is 11.8. The van der Waals surface area contributed by atoms with Gasteiger partial charge < -0.3 is 30.7 Å². The van der Waals surface area contributed by atoms with Crippen molar-refractivity contribution in [2.75, 3.05) is 54.4 Å². The van der Waals surface area contributed by atoms with Crippen LogP contribution < -0.4 is 11.1 Å². The monoisotopic (exact) mass is 562 g/mol. The third-order valence-electron chi connectivity index (χ3n) is 8.64. The molecule has 8 nitrogen and oxygen atoms in total. The molecule has 1 saturated heterocycles. The first-order chi connectivity index (χ1) is 19.6. The number of amides is 3. The van der Waals surface area contributed by atoms with Gasteiger partial charge in [-0.2, -0.15) is 0 Å². The van der Waals surface area contributed by atoms with Gasteiger partial charge in [0.15, 0.2) is 0 Å². The third-order valence-corrected chi connectivity index (χ3v) is 8.64. The number of benzene rings is 2. The Hall–Kier alpha value is -3.36. The van der Waals surface area contributed by atoms with E-state index in [1.165, 1.54) is 54.6 Å². The number of aryl methyl sites for hydroxylation is 1. The highest BCUT2D eigenvalue weighted by atomic mass is 16.2. The average molecular weight is 563 g/mol. The summed E-state index contributed by atoms with van der Waals surface area (Å²) in [6, 6.07) is 17.3. The molecule has 4 N–H and O–H groups in total. The number of likely N-dealkylation sites (tertiary alicyclic amines) is 1. The summed E-state index contributed by atoms with van der Waals surface area (Å²) in [4.78, 5) is 30.3. The maximum absolute atomic E-state index is 12.0. The molecule has 41 heavy (non-hydrogen) atoms. The highest BCUT2D eigenvalue weighted by Crippen LogP contribution is 2.45. The van der Waals surface area contributed by atoms with E-state index < -0.39 is 0 Å². The Balaban J connectivity index is 0.000000200. The van der Waals surface area contributed by atoms with Crippen LogP contribution in [0.4, 0.5) is 4.79 Å². The van der Waals surface area contributed by atoms with Crippen molar-refractivity contribution in [1.82, 2.24) is 25.0 Å². The van der Waals surface area contributed by atoms with E-state index >= 15 is 0 Å². The van der Waals surface area contributed by atoms with Gasteiger partial charge in [0.2, 0.25) is 6.41 Å². The number of piperidine rings is 1. The number of H-pyrrole nitrogens is 1. The Bertz CT molecular complexity index is 1250. The van der Waals surface area contributed by atoms with Crippen LogP contribution in [-0.2, 0) is 16.6 Å². The van der Waals surface area contributed by atoms with Crippen molar-refractivity contribution in [3.63, 3.8) is 0 Å². The standard InChI is InChI=1S/C16H24N4O.C14H19N.C3H7NO/c1-11(12(2)19-16(21)20(3)9-8-17)14-10-18-15-7-5-4-6-13(14)15;1-15-10-8-14(9-11-15)7-6-12-4-2-3-5-13(12)14;1-4(2)3-5/h4-7,10-12,18H,8-9,17H2,1-3H3,(H,19,21);2-5H,6-11H2,1H3;3H,1-2H3/t11-,12?;;/m0../s1. The minimum Gasteiger partial charge on any atom is -0.361 e. The summed E-state index contributed by atoms with van der Waals surface area (Å²) in [5.74, 6) is 0.219. The number of nitrogens with zero attached hydrogens (tertiary/aromatic N) is 3. The van der Waals surface area contributed by atoms with Crippen LogP contribution in [-0.4, -0.2) is 92.5 Å².